The predicted octanol–water partition coefficient (Wildman–Crippen LogP) is 6.66. The molecule has 1 atom stereocenters. The monoisotopic (exact) mass is 615 g/mol. The van der Waals surface area contributed by atoms with Crippen molar-refractivity contribution in [1.29, 1.82) is 0 Å². The molecule has 1 saturated heterocycles. The Bertz CT molecular complexity index is 986. The maximum absolute atomic E-state index is 12.8. The second kappa shape index (κ2) is 23.0. The SMILES string of the molecule is CCCCCCCCCCCCCCCC(=O)NCCCCC(NC(=O)OCc1ccccc1)C(=O)ON1C(=O)CCC1=O. The summed E-state index contributed by atoms with van der Waals surface area (Å²) in [6.07, 6.45) is 17.3. The predicted molar refractivity (Wildman–Crippen MR) is 168 cm³/mol. The molecule has 2 rings (SSSR count). The molecule has 0 aliphatic carbocycles. The molecule has 10 nitrogen and oxygen atoms in total. The lowest BCUT2D eigenvalue weighted by Gasteiger charge is -2.20. The zero-order valence-corrected chi connectivity index (χ0v) is 26.6. The molecule has 0 bridgehead atoms. The summed E-state index contributed by atoms with van der Waals surface area (Å²) < 4.78 is 5.22. The number of alkyl carbamates (subject to hydrolysis) is 1. The van der Waals surface area contributed by atoms with Gasteiger partial charge in [0.25, 0.3) is 11.8 Å². The first kappa shape index (κ1) is 36.8. The molecule has 1 aliphatic rings. The van der Waals surface area contributed by atoms with Gasteiger partial charge in [0.05, 0.1) is 0 Å². The highest BCUT2D eigenvalue weighted by Gasteiger charge is 2.35. The Morgan fingerprint density at radius 3 is 1.93 bits per heavy atom. The molecular formula is C34H53N3O7. The van der Waals surface area contributed by atoms with Gasteiger partial charge in [-0.2, -0.15) is 0 Å². The number of carbonyl (C=O) groups excluding carboxylic acids is 5. The van der Waals surface area contributed by atoms with E-state index >= 15 is 0 Å². The number of hydroxylamine groups is 2. The van der Waals surface area contributed by atoms with E-state index < -0.39 is 29.9 Å². The van der Waals surface area contributed by atoms with Gasteiger partial charge < -0.3 is 20.2 Å². The summed E-state index contributed by atoms with van der Waals surface area (Å²) in [7, 11) is 0. The third kappa shape index (κ3) is 16.4. The highest BCUT2D eigenvalue weighted by atomic mass is 16.7. The van der Waals surface area contributed by atoms with E-state index in [-0.39, 0.29) is 31.8 Å². The van der Waals surface area contributed by atoms with Crippen molar-refractivity contribution in [2.75, 3.05) is 6.54 Å². The molecule has 1 unspecified atom stereocenters. The summed E-state index contributed by atoms with van der Waals surface area (Å²) in [6.45, 7) is 2.71. The van der Waals surface area contributed by atoms with Gasteiger partial charge in [0.1, 0.15) is 12.6 Å². The number of imide groups is 1. The molecule has 1 fully saturated rings. The number of unbranched alkanes of at least 4 members (excludes halogenated alkanes) is 13. The first-order chi connectivity index (χ1) is 21.4. The lowest BCUT2D eigenvalue weighted by Crippen LogP contribution is -2.45. The van der Waals surface area contributed by atoms with Crippen LogP contribution >= 0.6 is 0 Å². The number of nitrogens with one attached hydrogen (secondary N) is 2. The van der Waals surface area contributed by atoms with Gasteiger partial charge in [-0.15, -0.1) is 5.06 Å². The normalized spacial score (nSPS) is 13.5. The van der Waals surface area contributed by atoms with Gasteiger partial charge in [-0.3, -0.25) is 14.4 Å². The lowest BCUT2D eigenvalue weighted by molar-refractivity contribution is -0.199. The molecule has 0 saturated carbocycles. The first-order valence-electron chi connectivity index (χ1n) is 16.7. The third-order valence-corrected chi connectivity index (χ3v) is 7.73. The van der Waals surface area contributed by atoms with E-state index in [0.717, 1.165) is 24.8 Å². The summed E-state index contributed by atoms with van der Waals surface area (Å²) in [6, 6.07) is 7.96. The molecular weight excluding hydrogens is 562 g/mol. The van der Waals surface area contributed by atoms with Crippen LogP contribution in [0.25, 0.3) is 0 Å². The van der Waals surface area contributed by atoms with Crippen molar-refractivity contribution in [2.24, 2.45) is 0 Å². The Morgan fingerprint density at radius 1 is 0.773 bits per heavy atom. The summed E-state index contributed by atoms with van der Waals surface area (Å²) in [5.74, 6) is -2.10. The van der Waals surface area contributed by atoms with Crippen LogP contribution in [0.1, 0.15) is 134 Å². The van der Waals surface area contributed by atoms with Crippen LogP contribution in [0.5, 0.6) is 0 Å². The van der Waals surface area contributed by atoms with Crippen LogP contribution in [0.15, 0.2) is 30.3 Å². The molecule has 1 heterocycles. The van der Waals surface area contributed by atoms with E-state index in [1.807, 2.05) is 18.2 Å². The molecule has 4 amide bonds. The van der Waals surface area contributed by atoms with Crippen molar-refractivity contribution in [2.45, 2.75) is 142 Å². The highest BCUT2D eigenvalue weighted by molar-refractivity contribution is 6.01. The van der Waals surface area contributed by atoms with Crippen LogP contribution in [-0.2, 0) is 35.4 Å². The molecule has 2 N–H and O–H groups in total. The number of carbonyl (C=O) groups is 5. The second-order valence-corrected chi connectivity index (χ2v) is 11.6. The zero-order valence-electron chi connectivity index (χ0n) is 26.6. The van der Waals surface area contributed by atoms with Gasteiger partial charge in [0.15, 0.2) is 0 Å². The average Bonchev–Trinajstić information content (AvgIpc) is 3.34. The van der Waals surface area contributed by atoms with Crippen LogP contribution in [0.2, 0.25) is 0 Å². The van der Waals surface area contributed by atoms with E-state index in [0.29, 0.717) is 30.9 Å². The Morgan fingerprint density at radius 2 is 1.34 bits per heavy atom. The molecule has 44 heavy (non-hydrogen) atoms. The standard InChI is InChI=1S/C34H53N3O7/c1-2-3-4-5-6-7-8-9-10-11-12-13-17-23-30(38)35-26-19-18-22-29(33(41)44-37-31(39)24-25-32(37)40)36-34(42)43-27-28-20-15-14-16-21-28/h14-16,20-21,29H,2-13,17-19,22-27H2,1H3,(H,35,38)(H,36,42). The van der Waals surface area contributed by atoms with E-state index in [1.54, 1.807) is 12.1 Å². The summed E-state index contributed by atoms with van der Waals surface area (Å²) in [5, 5.41) is 5.86. The Balaban J connectivity index is 1.59. The van der Waals surface area contributed by atoms with Crippen molar-refractivity contribution < 1.29 is 33.5 Å². The number of benzene rings is 1. The van der Waals surface area contributed by atoms with Crippen molar-refractivity contribution >= 4 is 29.8 Å². The van der Waals surface area contributed by atoms with Crippen LogP contribution in [0.4, 0.5) is 4.79 Å². The van der Waals surface area contributed by atoms with Crippen LogP contribution < -0.4 is 10.6 Å². The van der Waals surface area contributed by atoms with Gasteiger partial charge in [0, 0.05) is 25.8 Å². The fourth-order valence-electron chi connectivity index (χ4n) is 5.06. The van der Waals surface area contributed by atoms with Gasteiger partial charge in [0.2, 0.25) is 5.91 Å². The maximum Gasteiger partial charge on any atom is 0.408 e. The van der Waals surface area contributed by atoms with E-state index in [1.165, 1.54) is 64.2 Å². The summed E-state index contributed by atoms with van der Waals surface area (Å²) in [5.41, 5.74) is 0.782. The quantitative estimate of drug-likeness (QED) is 0.0982. The molecule has 0 aromatic heterocycles. The van der Waals surface area contributed by atoms with Crippen LogP contribution in [0, 0.1) is 0 Å². The van der Waals surface area contributed by atoms with Gasteiger partial charge in [-0.25, -0.2) is 9.59 Å². The van der Waals surface area contributed by atoms with Crippen molar-refractivity contribution in [3.63, 3.8) is 0 Å². The van der Waals surface area contributed by atoms with Crippen molar-refractivity contribution in [1.82, 2.24) is 15.7 Å². The third-order valence-electron chi connectivity index (χ3n) is 7.73. The van der Waals surface area contributed by atoms with Gasteiger partial charge in [-0.05, 0) is 31.2 Å². The second-order valence-electron chi connectivity index (χ2n) is 11.6. The smallest absolute Gasteiger partial charge is 0.408 e. The highest BCUT2D eigenvalue weighted by Crippen LogP contribution is 2.15. The first-order valence-corrected chi connectivity index (χ1v) is 16.7. The fourth-order valence-corrected chi connectivity index (χ4v) is 5.06. The number of amides is 4. The number of nitrogens with zero attached hydrogens (tertiary/aromatic N) is 1. The zero-order chi connectivity index (χ0) is 31.8. The number of rotatable bonds is 24. The average molecular weight is 616 g/mol. The van der Waals surface area contributed by atoms with Crippen molar-refractivity contribution in [3.05, 3.63) is 35.9 Å². The molecule has 0 radical (unpaired) electrons. The largest absolute Gasteiger partial charge is 0.445 e. The molecule has 1 aromatic carbocycles. The van der Waals surface area contributed by atoms with Crippen molar-refractivity contribution in [3.8, 4) is 0 Å². The molecule has 1 aromatic rings. The topological polar surface area (TPSA) is 131 Å². The molecule has 0 spiro atoms. The minimum atomic E-state index is -1.12. The number of hydrogen-bond donors (Lipinski definition) is 2. The van der Waals surface area contributed by atoms with Gasteiger partial charge >= 0.3 is 12.1 Å². The van der Waals surface area contributed by atoms with Crippen LogP contribution in [-0.4, -0.2) is 47.4 Å². The summed E-state index contributed by atoms with van der Waals surface area (Å²) >= 11 is 0. The van der Waals surface area contributed by atoms with Crippen LogP contribution in [0.3, 0.4) is 0 Å². The molecule has 10 heteroatoms. The summed E-state index contributed by atoms with van der Waals surface area (Å²) in [4.78, 5) is 66.1. The molecule has 246 valence electrons. The van der Waals surface area contributed by atoms with Gasteiger partial charge in [-0.1, -0.05) is 114 Å². The Kier molecular flexibility index (Phi) is 19.2. The Labute approximate surface area is 262 Å². The maximum atomic E-state index is 12.8. The minimum Gasteiger partial charge on any atom is -0.445 e. The van der Waals surface area contributed by atoms with E-state index in [4.69, 9.17) is 9.57 Å². The van der Waals surface area contributed by atoms with E-state index in [9.17, 15) is 24.0 Å². The Hall–Kier alpha value is -3.43. The number of ether oxygens (including phenoxy) is 1. The van der Waals surface area contributed by atoms with E-state index in [2.05, 4.69) is 17.6 Å². The lowest BCUT2D eigenvalue weighted by atomic mass is 10.0. The fraction of sp³-hybridized carbons (Fsp3) is 0.676. The molecule has 1 aliphatic heterocycles. The number of hydrogen-bond acceptors (Lipinski definition) is 7. The minimum absolute atomic E-state index is 0.0118.